The second-order valence-electron chi connectivity index (χ2n) is 4.15. The highest BCUT2D eigenvalue weighted by molar-refractivity contribution is 5.85. The third-order valence-electron chi connectivity index (χ3n) is 2.98. The molecule has 2 rings (SSSR count). The average Bonchev–Trinajstić information content (AvgIpc) is 2.87. The minimum absolute atomic E-state index is 0.279. The summed E-state index contributed by atoms with van der Waals surface area (Å²) in [6, 6.07) is 1.54. The number of hydrogen-bond acceptors (Lipinski definition) is 3. The largest absolute Gasteiger partial charge is 0.477 e. The predicted octanol–water partition coefficient (Wildman–Crippen LogP) is 1.07. The molecule has 1 aliphatic heterocycles. The number of aryl methyl sites for hydroxylation is 1. The molecule has 1 N–H and O–H groups in total. The first-order chi connectivity index (χ1) is 7.77. The van der Waals surface area contributed by atoms with Crippen molar-refractivity contribution in [2.24, 2.45) is 0 Å². The van der Waals surface area contributed by atoms with Crippen LogP contribution in [0.4, 0.5) is 0 Å². The quantitative estimate of drug-likeness (QED) is 0.811. The fourth-order valence-electron chi connectivity index (χ4n) is 2.14. The standard InChI is InChI=1S/C11H17N3O2/c15-11(16)10-4-5-12-14(10)9-3-8-13-6-1-2-7-13/h4-5H,1-3,6-9H2,(H,15,16). The molecule has 2 heterocycles. The zero-order valence-corrected chi connectivity index (χ0v) is 9.30. The number of aromatic nitrogens is 2. The monoisotopic (exact) mass is 223 g/mol. The Balaban J connectivity index is 1.80. The lowest BCUT2D eigenvalue weighted by Gasteiger charge is -2.14. The van der Waals surface area contributed by atoms with Gasteiger partial charge < -0.3 is 10.0 Å². The number of carboxylic acid groups (broad SMARTS) is 1. The summed E-state index contributed by atoms with van der Waals surface area (Å²) in [5, 5.41) is 12.9. The lowest BCUT2D eigenvalue weighted by atomic mass is 10.3. The lowest BCUT2D eigenvalue weighted by Crippen LogP contribution is -2.22. The van der Waals surface area contributed by atoms with E-state index in [9.17, 15) is 4.79 Å². The molecular formula is C11H17N3O2. The predicted molar refractivity (Wildman–Crippen MR) is 59.5 cm³/mol. The molecular weight excluding hydrogens is 206 g/mol. The number of likely N-dealkylation sites (tertiary alicyclic amines) is 1. The Morgan fingerprint density at radius 3 is 2.81 bits per heavy atom. The van der Waals surface area contributed by atoms with E-state index in [4.69, 9.17) is 5.11 Å². The fraction of sp³-hybridized carbons (Fsp3) is 0.636. The first-order valence-corrected chi connectivity index (χ1v) is 5.75. The second kappa shape index (κ2) is 5.12. The van der Waals surface area contributed by atoms with Gasteiger partial charge >= 0.3 is 5.97 Å². The van der Waals surface area contributed by atoms with Crippen LogP contribution in [0.5, 0.6) is 0 Å². The van der Waals surface area contributed by atoms with E-state index in [1.165, 1.54) is 32.0 Å². The van der Waals surface area contributed by atoms with Gasteiger partial charge in [0.25, 0.3) is 0 Å². The van der Waals surface area contributed by atoms with E-state index in [-0.39, 0.29) is 5.69 Å². The smallest absolute Gasteiger partial charge is 0.354 e. The Bertz CT molecular complexity index is 356. The number of carbonyl (C=O) groups is 1. The van der Waals surface area contributed by atoms with E-state index in [0.717, 1.165) is 13.0 Å². The number of hydrogen-bond donors (Lipinski definition) is 1. The summed E-state index contributed by atoms with van der Waals surface area (Å²) in [4.78, 5) is 13.3. The second-order valence-corrected chi connectivity index (χ2v) is 4.15. The van der Waals surface area contributed by atoms with E-state index in [2.05, 4.69) is 10.00 Å². The van der Waals surface area contributed by atoms with Gasteiger partial charge in [0.15, 0.2) is 0 Å². The summed E-state index contributed by atoms with van der Waals surface area (Å²) in [5.41, 5.74) is 0.279. The normalized spacial score (nSPS) is 16.8. The molecule has 0 aliphatic carbocycles. The van der Waals surface area contributed by atoms with E-state index in [1.54, 1.807) is 10.9 Å². The third kappa shape index (κ3) is 2.61. The summed E-state index contributed by atoms with van der Waals surface area (Å²) in [5.74, 6) is -0.904. The van der Waals surface area contributed by atoms with E-state index < -0.39 is 5.97 Å². The summed E-state index contributed by atoms with van der Waals surface area (Å²) >= 11 is 0. The molecule has 1 aromatic heterocycles. The van der Waals surface area contributed by atoms with Crippen molar-refractivity contribution in [2.75, 3.05) is 19.6 Å². The SMILES string of the molecule is O=C(O)c1ccnn1CCCN1CCCC1. The van der Waals surface area contributed by atoms with Crippen molar-refractivity contribution < 1.29 is 9.90 Å². The van der Waals surface area contributed by atoms with Gasteiger partial charge in [-0.25, -0.2) is 4.79 Å². The molecule has 0 spiro atoms. The Hall–Kier alpha value is -1.36. The summed E-state index contributed by atoms with van der Waals surface area (Å²) < 4.78 is 1.57. The van der Waals surface area contributed by atoms with Crippen molar-refractivity contribution in [1.29, 1.82) is 0 Å². The molecule has 16 heavy (non-hydrogen) atoms. The molecule has 88 valence electrons. The summed E-state index contributed by atoms with van der Waals surface area (Å²) in [7, 11) is 0. The molecule has 1 aromatic rings. The van der Waals surface area contributed by atoms with Gasteiger partial charge in [0.1, 0.15) is 5.69 Å². The molecule has 1 fully saturated rings. The highest BCUT2D eigenvalue weighted by Crippen LogP contribution is 2.08. The van der Waals surface area contributed by atoms with Crippen LogP contribution in [0.25, 0.3) is 0 Å². The lowest BCUT2D eigenvalue weighted by molar-refractivity contribution is 0.0682. The highest BCUT2D eigenvalue weighted by Gasteiger charge is 2.12. The van der Waals surface area contributed by atoms with Gasteiger partial charge in [-0.3, -0.25) is 4.68 Å². The highest BCUT2D eigenvalue weighted by atomic mass is 16.4. The van der Waals surface area contributed by atoms with Gasteiger partial charge in [0, 0.05) is 12.7 Å². The van der Waals surface area contributed by atoms with Gasteiger partial charge in [-0.05, 0) is 45.0 Å². The van der Waals surface area contributed by atoms with Crippen LogP contribution in [-0.4, -0.2) is 45.4 Å². The van der Waals surface area contributed by atoms with E-state index in [1.807, 2.05) is 0 Å². The summed E-state index contributed by atoms with van der Waals surface area (Å²) in [6.45, 7) is 4.10. The molecule has 0 saturated carbocycles. The Labute approximate surface area is 94.7 Å². The molecule has 0 unspecified atom stereocenters. The minimum atomic E-state index is -0.904. The number of nitrogens with zero attached hydrogens (tertiary/aromatic N) is 3. The maximum atomic E-state index is 10.8. The molecule has 0 atom stereocenters. The van der Waals surface area contributed by atoms with Gasteiger partial charge in [-0.1, -0.05) is 0 Å². The van der Waals surface area contributed by atoms with Crippen molar-refractivity contribution in [1.82, 2.24) is 14.7 Å². The number of aromatic carboxylic acids is 1. The van der Waals surface area contributed by atoms with Crippen molar-refractivity contribution in [2.45, 2.75) is 25.8 Å². The van der Waals surface area contributed by atoms with Crippen LogP contribution in [-0.2, 0) is 6.54 Å². The van der Waals surface area contributed by atoms with Crippen LogP contribution in [0.1, 0.15) is 29.8 Å². The van der Waals surface area contributed by atoms with Gasteiger partial charge in [0.05, 0.1) is 0 Å². The first kappa shape index (κ1) is 11.1. The van der Waals surface area contributed by atoms with Gasteiger partial charge in [-0.2, -0.15) is 5.10 Å². The average molecular weight is 223 g/mol. The molecule has 0 aromatic carbocycles. The van der Waals surface area contributed by atoms with Crippen LogP contribution < -0.4 is 0 Å². The zero-order valence-electron chi connectivity index (χ0n) is 9.30. The Kier molecular flexibility index (Phi) is 3.56. The van der Waals surface area contributed by atoms with Crippen LogP contribution >= 0.6 is 0 Å². The van der Waals surface area contributed by atoms with Crippen molar-refractivity contribution in [3.8, 4) is 0 Å². The Morgan fingerprint density at radius 1 is 1.38 bits per heavy atom. The van der Waals surface area contributed by atoms with Gasteiger partial charge in [0.2, 0.25) is 0 Å². The Morgan fingerprint density at radius 2 is 2.12 bits per heavy atom. The fourth-order valence-corrected chi connectivity index (χ4v) is 2.14. The molecule has 5 heteroatoms. The molecule has 0 radical (unpaired) electrons. The first-order valence-electron chi connectivity index (χ1n) is 5.75. The number of carboxylic acids is 1. The topological polar surface area (TPSA) is 58.4 Å². The van der Waals surface area contributed by atoms with E-state index >= 15 is 0 Å². The van der Waals surface area contributed by atoms with Gasteiger partial charge in [-0.15, -0.1) is 0 Å². The molecule has 1 saturated heterocycles. The molecule has 5 nitrogen and oxygen atoms in total. The number of rotatable bonds is 5. The van der Waals surface area contributed by atoms with Crippen LogP contribution in [0.2, 0.25) is 0 Å². The van der Waals surface area contributed by atoms with Crippen molar-refractivity contribution in [3.05, 3.63) is 18.0 Å². The maximum absolute atomic E-state index is 10.8. The van der Waals surface area contributed by atoms with E-state index in [0.29, 0.717) is 6.54 Å². The molecule has 0 amide bonds. The van der Waals surface area contributed by atoms with Crippen LogP contribution in [0, 0.1) is 0 Å². The van der Waals surface area contributed by atoms with Crippen molar-refractivity contribution in [3.63, 3.8) is 0 Å². The molecule has 1 aliphatic rings. The zero-order chi connectivity index (χ0) is 11.4. The maximum Gasteiger partial charge on any atom is 0.354 e. The molecule has 0 bridgehead atoms. The van der Waals surface area contributed by atoms with Crippen molar-refractivity contribution >= 4 is 5.97 Å². The van der Waals surface area contributed by atoms with Crippen LogP contribution in [0.3, 0.4) is 0 Å². The minimum Gasteiger partial charge on any atom is -0.477 e. The summed E-state index contributed by atoms with van der Waals surface area (Å²) in [6.07, 6.45) is 5.09. The third-order valence-corrected chi connectivity index (χ3v) is 2.98. The van der Waals surface area contributed by atoms with Crippen LogP contribution in [0.15, 0.2) is 12.3 Å².